The third kappa shape index (κ3) is 5.24. The molecule has 0 radical (unpaired) electrons. The lowest BCUT2D eigenvalue weighted by molar-refractivity contribution is -0.140. The number of halogens is 4. The molecule has 3 rings (SSSR count). The number of benzene rings is 1. The third-order valence-corrected chi connectivity index (χ3v) is 4.54. The zero-order chi connectivity index (χ0) is 22.6. The summed E-state index contributed by atoms with van der Waals surface area (Å²) in [5.74, 6) is -1.07. The maximum absolute atomic E-state index is 14.0. The first-order valence-electron chi connectivity index (χ1n) is 9.54. The average molecular weight is 428 g/mol. The van der Waals surface area contributed by atoms with Gasteiger partial charge in [0.15, 0.2) is 0 Å². The van der Waals surface area contributed by atoms with Crippen LogP contribution in [0.3, 0.4) is 0 Å². The van der Waals surface area contributed by atoms with Gasteiger partial charge in [0.05, 0.1) is 23.9 Å². The van der Waals surface area contributed by atoms with Crippen molar-refractivity contribution in [2.24, 2.45) is 5.92 Å². The number of hydrogen-bond donors (Lipinski definition) is 4. The Balaban J connectivity index is 0.00000155. The van der Waals surface area contributed by atoms with E-state index >= 15 is 0 Å². The second kappa shape index (κ2) is 9.38. The van der Waals surface area contributed by atoms with Crippen molar-refractivity contribution in [3.05, 3.63) is 56.9 Å². The lowest BCUT2D eigenvalue weighted by Crippen LogP contribution is -2.26. The summed E-state index contributed by atoms with van der Waals surface area (Å²) in [6.45, 7) is 4.84. The van der Waals surface area contributed by atoms with Gasteiger partial charge in [-0.2, -0.15) is 13.2 Å². The molecule has 0 amide bonds. The minimum Gasteiger partial charge on any atom is -0.390 e. The van der Waals surface area contributed by atoms with Crippen molar-refractivity contribution >= 4 is 11.5 Å². The van der Waals surface area contributed by atoms with E-state index in [-0.39, 0.29) is 34.4 Å². The first-order chi connectivity index (χ1) is 14.1. The predicted octanol–water partition coefficient (Wildman–Crippen LogP) is 4.19. The Bertz CT molecular complexity index is 968. The molecule has 30 heavy (non-hydrogen) atoms. The molecule has 2 aromatic rings. The van der Waals surface area contributed by atoms with E-state index < -0.39 is 35.8 Å². The lowest BCUT2D eigenvalue weighted by Gasteiger charge is -2.22. The molecule has 1 saturated carbocycles. The molecule has 1 unspecified atom stereocenters. The van der Waals surface area contributed by atoms with Gasteiger partial charge in [0.1, 0.15) is 23.0 Å². The summed E-state index contributed by atoms with van der Waals surface area (Å²) in [4.78, 5) is 18.8. The van der Waals surface area contributed by atoms with Gasteiger partial charge in [-0.1, -0.05) is 19.9 Å². The molecule has 6 nitrogen and oxygen atoms in total. The Morgan fingerprint density at radius 3 is 2.50 bits per heavy atom. The van der Waals surface area contributed by atoms with Crippen molar-refractivity contribution in [2.45, 2.75) is 45.8 Å². The molecule has 1 aliphatic rings. The number of aliphatic hydroxyl groups is 1. The van der Waals surface area contributed by atoms with Crippen molar-refractivity contribution in [1.29, 1.82) is 5.41 Å². The van der Waals surface area contributed by atoms with Crippen molar-refractivity contribution in [1.82, 2.24) is 9.97 Å². The number of rotatable bonds is 6. The van der Waals surface area contributed by atoms with Crippen LogP contribution in [0.15, 0.2) is 23.0 Å². The summed E-state index contributed by atoms with van der Waals surface area (Å²) in [6.07, 6.45) is -3.25. The number of aliphatic hydroxyl groups excluding tert-OH is 1. The number of anilines is 1. The minimum atomic E-state index is -4.79. The summed E-state index contributed by atoms with van der Waals surface area (Å²) < 4.78 is 52.5. The molecule has 164 valence electrons. The standard InChI is InChI=1S/C18H18F4N4O2.C2H6/c1-8-24-16(14(13(23)7-27)17(28)25-8)26-15(9-2-3-9)10-4-5-11(12(19)6-10)18(20,21)22;1-2/h4-6,9,15,23,27H,2-3,7H2,1H3,(H2,24,25,26,28);1-2H3. The Labute approximate surface area is 170 Å². The molecule has 0 spiro atoms. The number of alkyl halides is 3. The summed E-state index contributed by atoms with van der Waals surface area (Å²) >= 11 is 0. The molecule has 1 aromatic heterocycles. The van der Waals surface area contributed by atoms with Crippen LogP contribution < -0.4 is 10.9 Å². The molecule has 1 fully saturated rings. The van der Waals surface area contributed by atoms with Crippen LogP contribution >= 0.6 is 0 Å². The highest BCUT2D eigenvalue weighted by Gasteiger charge is 2.37. The van der Waals surface area contributed by atoms with E-state index in [2.05, 4.69) is 15.3 Å². The van der Waals surface area contributed by atoms with Gasteiger partial charge in [0, 0.05) is 0 Å². The summed E-state index contributed by atoms with van der Waals surface area (Å²) in [5, 5.41) is 20.0. The molecule has 1 aromatic carbocycles. The van der Waals surface area contributed by atoms with Crippen LogP contribution in [0.1, 0.15) is 55.2 Å². The fourth-order valence-corrected chi connectivity index (χ4v) is 3.05. The average Bonchev–Trinajstić information content (AvgIpc) is 3.50. The van der Waals surface area contributed by atoms with Crippen LogP contribution in [0.5, 0.6) is 0 Å². The first-order valence-corrected chi connectivity index (χ1v) is 9.54. The number of aromatic nitrogens is 2. The predicted molar refractivity (Wildman–Crippen MR) is 105 cm³/mol. The maximum atomic E-state index is 14.0. The largest absolute Gasteiger partial charge is 0.419 e. The maximum Gasteiger partial charge on any atom is 0.419 e. The minimum absolute atomic E-state index is 0.0219. The first kappa shape index (κ1) is 23.5. The van der Waals surface area contributed by atoms with Gasteiger partial charge in [0.25, 0.3) is 5.56 Å². The number of nitrogens with zero attached hydrogens (tertiary/aromatic N) is 1. The van der Waals surface area contributed by atoms with E-state index in [1.165, 1.54) is 13.0 Å². The fraction of sp³-hybridized carbons (Fsp3) is 0.450. The number of aromatic amines is 1. The van der Waals surface area contributed by atoms with Gasteiger partial charge in [-0.3, -0.25) is 4.79 Å². The highest BCUT2D eigenvalue weighted by molar-refractivity contribution is 6.02. The molecule has 1 heterocycles. The van der Waals surface area contributed by atoms with E-state index in [0.717, 1.165) is 18.9 Å². The molecular formula is C20H24F4N4O2. The molecular weight excluding hydrogens is 404 g/mol. The summed E-state index contributed by atoms with van der Waals surface area (Å²) in [7, 11) is 0. The fourth-order valence-electron chi connectivity index (χ4n) is 3.05. The molecule has 1 aliphatic carbocycles. The monoisotopic (exact) mass is 428 g/mol. The lowest BCUT2D eigenvalue weighted by atomic mass is 9.99. The number of hydrogen-bond acceptors (Lipinski definition) is 5. The van der Waals surface area contributed by atoms with Crippen molar-refractivity contribution in [3.8, 4) is 0 Å². The zero-order valence-corrected chi connectivity index (χ0v) is 16.8. The summed E-state index contributed by atoms with van der Waals surface area (Å²) in [5.41, 5.74) is -2.20. The summed E-state index contributed by atoms with van der Waals surface area (Å²) in [6, 6.07) is 2.12. The van der Waals surface area contributed by atoms with E-state index in [0.29, 0.717) is 6.07 Å². The molecule has 0 bridgehead atoms. The van der Waals surface area contributed by atoms with Crippen molar-refractivity contribution < 1.29 is 22.7 Å². The van der Waals surface area contributed by atoms with Crippen LogP contribution in [-0.2, 0) is 6.18 Å². The number of nitrogens with one attached hydrogen (secondary N) is 3. The molecule has 0 saturated heterocycles. The van der Waals surface area contributed by atoms with Crippen LogP contribution in [0.2, 0.25) is 0 Å². The zero-order valence-electron chi connectivity index (χ0n) is 16.8. The van der Waals surface area contributed by atoms with E-state index in [1.807, 2.05) is 13.8 Å². The van der Waals surface area contributed by atoms with Gasteiger partial charge < -0.3 is 20.8 Å². The van der Waals surface area contributed by atoms with Gasteiger partial charge in [-0.25, -0.2) is 9.37 Å². The Hall–Kier alpha value is -2.75. The molecule has 4 N–H and O–H groups in total. The highest BCUT2D eigenvalue weighted by Crippen LogP contribution is 2.44. The Morgan fingerprint density at radius 1 is 1.37 bits per heavy atom. The Kier molecular flexibility index (Phi) is 7.35. The van der Waals surface area contributed by atoms with Gasteiger partial charge >= 0.3 is 6.18 Å². The number of H-pyrrole nitrogens is 1. The third-order valence-electron chi connectivity index (χ3n) is 4.54. The van der Waals surface area contributed by atoms with Gasteiger partial charge in [0.2, 0.25) is 0 Å². The molecule has 0 aliphatic heterocycles. The molecule has 10 heteroatoms. The van der Waals surface area contributed by atoms with Crippen LogP contribution in [0, 0.1) is 24.1 Å². The SMILES string of the molecule is CC.Cc1nc(NC(c2ccc(C(F)(F)F)c(F)c2)C2CC2)c(C(=N)CO)c(=O)[nH]1. The van der Waals surface area contributed by atoms with Crippen LogP contribution in [0.4, 0.5) is 23.4 Å². The van der Waals surface area contributed by atoms with Gasteiger partial charge in [-0.15, -0.1) is 0 Å². The normalized spacial score (nSPS) is 14.5. The van der Waals surface area contributed by atoms with E-state index in [1.54, 1.807) is 0 Å². The second-order valence-electron chi connectivity index (χ2n) is 6.71. The smallest absolute Gasteiger partial charge is 0.390 e. The van der Waals surface area contributed by atoms with Gasteiger partial charge in [-0.05, 0) is 43.4 Å². The van der Waals surface area contributed by atoms with E-state index in [4.69, 9.17) is 5.41 Å². The second-order valence-corrected chi connectivity index (χ2v) is 6.71. The highest BCUT2D eigenvalue weighted by atomic mass is 19.4. The van der Waals surface area contributed by atoms with Crippen LogP contribution in [-0.4, -0.2) is 27.4 Å². The number of aryl methyl sites for hydroxylation is 1. The topological polar surface area (TPSA) is 102 Å². The van der Waals surface area contributed by atoms with Crippen molar-refractivity contribution in [3.63, 3.8) is 0 Å². The van der Waals surface area contributed by atoms with E-state index in [9.17, 15) is 27.5 Å². The quantitative estimate of drug-likeness (QED) is 0.409. The van der Waals surface area contributed by atoms with Crippen molar-refractivity contribution in [2.75, 3.05) is 11.9 Å². The Morgan fingerprint density at radius 2 is 2.00 bits per heavy atom. The van der Waals surface area contributed by atoms with Crippen LogP contribution in [0.25, 0.3) is 0 Å². The molecule has 1 atom stereocenters.